The molecule has 4 rings (SSSR count). The van der Waals surface area contributed by atoms with E-state index >= 15 is 0 Å². The number of sulfonamides is 1. The Morgan fingerprint density at radius 1 is 0.972 bits per heavy atom. The first kappa shape index (κ1) is 25.9. The molecule has 0 radical (unpaired) electrons. The predicted octanol–water partition coefficient (Wildman–Crippen LogP) is 4.87. The maximum Gasteiger partial charge on any atom is 0.322 e. The summed E-state index contributed by atoms with van der Waals surface area (Å²) in [5.41, 5.74) is 2.81. The topological polar surface area (TPSA) is 102 Å². The minimum Gasteiger partial charge on any atom is -0.497 e. The second kappa shape index (κ2) is 11.7. The van der Waals surface area contributed by atoms with Crippen LogP contribution in [-0.4, -0.2) is 38.7 Å². The van der Waals surface area contributed by atoms with Crippen molar-refractivity contribution in [3.63, 3.8) is 0 Å². The maximum atomic E-state index is 13.1. The van der Waals surface area contributed by atoms with Crippen LogP contribution in [0.3, 0.4) is 0 Å². The van der Waals surface area contributed by atoms with Crippen LogP contribution >= 0.6 is 0 Å². The molecule has 3 aromatic rings. The Hall–Kier alpha value is -3.20. The predicted molar refractivity (Wildman–Crippen MR) is 137 cm³/mol. The molecule has 190 valence electrons. The van der Waals surface area contributed by atoms with Gasteiger partial charge in [-0.3, -0.25) is 4.79 Å². The van der Waals surface area contributed by atoms with E-state index in [1.807, 2.05) is 54.6 Å². The number of carbonyl (C=O) groups is 1. The fourth-order valence-corrected chi connectivity index (χ4v) is 5.88. The molecule has 36 heavy (non-hydrogen) atoms. The number of aliphatic carboxylic acids is 1. The Kier molecular flexibility index (Phi) is 8.40. The summed E-state index contributed by atoms with van der Waals surface area (Å²) in [6.07, 6.45) is 2.62. The molecule has 0 aliphatic heterocycles. The van der Waals surface area contributed by atoms with Gasteiger partial charge in [0, 0.05) is 0 Å². The van der Waals surface area contributed by atoms with Gasteiger partial charge in [0.05, 0.1) is 24.7 Å². The van der Waals surface area contributed by atoms with Gasteiger partial charge in [0.2, 0.25) is 10.0 Å². The molecule has 8 heteroatoms. The minimum absolute atomic E-state index is 0.0266. The molecule has 1 fully saturated rings. The van der Waals surface area contributed by atoms with Gasteiger partial charge < -0.3 is 14.6 Å². The number of hydrogen-bond donors (Lipinski definition) is 2. The number of rotatable bonds is 10. The van der Waals surface area contributed by atoms with Crippen LogP contribution in [0.1, 0.15) is 31.2 Å². The number of carboxylic acids is 1. The summed E-state index contributed by atoms with van der Waals surface area (Å²) in [5, 5.41) is 9.89. The van der Waals surface area contributed by atoms with Crippen molar-refractivity contribution in [2.75, 3.05) is 7.11 Å². The largest absolute Gasteiger partial charge is 0.497 e. The van der Waals surface area contributed by atoms with Crippen molar-refractivity contribution in [1.29, 1.82) is 0 Å². The van der Waals surface area contributed by atoms with Crippen LogP contribution in [0.4, 0.5) is 0 Å². The van der Waals surface area contributed by atoms with Crippen LogP contribution in [0, 0.1) is 5.92 Å². The molecule has 3 aromatic carbocycles. The first-order valence-corrected chi connectivity index (χ1v) is 13.5. The van der Waals surface area contributed by atoms with Gasteiger partial charge in [0.1, 0.15) is 11.8 Å². The SMILES string of the molecule is COc1ccc(-c2ccc(S(=O)(=O)NC(C(=O)O)C3CCCC(OCc4ccccc4)C3)cc2)cc1. The van der Waals surface area contributed by atoms with E-state index in [0.717, 1.165) is 35.3 Å². The normalized spacial score (nSPS) is 18.9. The molecule has 3 unspecified atom stereocenters. The van der Waals surface area contributed by atoms with Crippen molar-refractivity contribution in [3.8, 4) is 16.9 Å². The van der Waals surface area contributed by atoms with Gasteiger partial charge >= 0.3 is 5.97 Å². The summed E-state index contributed by atoms with van der Waals surface area (Å²) >= 11 is 0. The maximum absolute atomic E-state index is 13.1. The molecular weight excluding hydrogens is 478 g/mol. The molecule has 3 atom stereocenters. The Morgan fingerprint density at radius 2 is 1.61 bits per heavy atom. The molecule has 2 N–H and O–H groups in total. The zero-order valence-electron chi connectivity index (χ0n) is 20.2. The monoisotopic (exact) mass is 509 g/mol. The fraction of sp³-hybridized carbons (Fsp3) is 0.321. The number of carboxylic acid groups (broad SMARTS) is 1. The third-order valence-electron chi connectivity index (χ3n) is 6.60. The quantitative estimate of drug-likeness (QED) is 0.404. The van der Waals surface area contributed by atoms with E-state index < -0.39 is 22.0 Å². The number of methoxy groups -OCH3 is 1. The van der Waals surface area contributed by atoms with Gasteiger partial charge in [0.15, 0.2) is 0 Å². The Balaban J connectivity index is 1.42. The van der Waals surface area contributed by atoms with Gasteiger partial charge in [-0.25, -0.2) is 8.42 Å². The summed E-state index contributed by atoms with van der Waals surface area (Å²) in [4.78, 5) is 12.1. The van der Waals surface area contributed by atoms with E-state index in [2.05, 4.69) is 4.72 Å². The first-order valence-electron chi connectivity index (χ1n) is 12.0. The average Bonchev–Trinajstić information content (AvgIpc) is 2.91. The molecule has 1 aliphatic carbocycles. The highest BCUT2D eigenvalue weighted by atomic mass is 32.2. The summed E-state index contributed by atoms with van der Waals surface area (Å²) in [7, 11) is -2.43. The van der Waals surface area contributed by atoms with Crippen molar-refractivity contribution < 1.29 is 27.8 Å². The molecule has 0 bridgehead atoms. The standard InChI is InChI=1S/C28H31NO6S/c1-34-24-14-10-21(11-15-24)22-12-16-26(17-13-22)36(32,33)29-27(28(30)31)23-8-5-9-25(18-23)35-19-20-6-3-2-4-7-20/h2-4,6-7,10-17,23,25,27,29H,5,8-9,18-19H2,1H3,(H,30,31). The van der Waals surface area contributed by atoms with Gasteiger partial charge in [0.25, 0.3) is 0 Å². The molecule has 1 saturated carbocycles. The number of ether oxygens (including phenoxy) is 2. The summed E-state index contributed by atoms with van der Waals surface area (Å²) in [6, 6.07) is 22.4. The van der Waals surface area contributed by atoms with Crippen LogP contribution in [-0.2, 0) is 26.2 Å². The van der Waals surface area contributed by atoms with Crippen molar-refractivity contribution in [3.05, 3.63) is 84.4 Å². The Morgan fingerprint density at radius 3 is 2.22 bits per heavy atom. The van der Waals surface area contributed by atoms with E-state index in [4.69, 9.17) is 9.47 Å². The average molecular weight is 510 g/mol. The van der Waals surface area contributed by atoms with Crippen LogP contribution in [0.2, 0.25) is 0 Å². The van der Waals surface area contributed by atoms with Crippen molar-refractivity contribution in [2.45, 2.75) is 49.3 Å². The lowest BCUT2D eigenvalue weighted by Gasteiger charge is -2.33. The van der Waals surface area contributed by atoms with Crippen LogP contribution < -0.4 is 9.46 Å². The third kappa shape index (κ3) is 6.51. The molecule has 0 amide bonds. The second-order valence-electron chi connectivity index (χ2n) is 9.04. The summed E-state index contributed by atoms with van der Waals surface area (Å²) < 4.78 is 39.8. The number of benzene rings is 3. The van der Waals surface area contributed by atoms with Gasteiger partial charge in [-0.2, -0.15) is 4.72 Å². The van der Waals surface area contributed by atoms with Crippen LogP contribution in [0.15, 0.2) is 83.8 Å². The van der Waals surface area contributed by atoms with Gasteiger partial charge in [-0.1, -0.05) is 61.0 Å². The summed E-state index contributed by atoms with van der Waals surface area (Å²) in [5.74, 6) is -0.801. The molecule has 0 heterocycles. The first-order chi connectivity index (χ1) is 17.4. The molecule has 1 aliphatic rings. The van der Waals surface area contributed by atoms with Gasteiger partial charge in [-0.15, -0.1) is 0 Å². The number of nitrogens with one attached hydrogen (secondary N) is 1. The lowest BCUT2D eigenvalue weighted by molar-refractivity contribution is -0.141. The second-order valence-corrected chi connectivity index (χ2v) is 10.7. The molecule has 0 spiro atoms. The van der Waals surface area contributed by atoms with E-state index in [1.165, 1.54) is 12.1 Å². The molecule has 7 nitrogen and oxygen atoms in total. The molecule has 0 saturated heterocycles. The molecule has 0 aromatic heterocycles. The molecular formula is C28H31NO6S. The van der Waals surface area contributed by atoms with Crippen molar-refractivity contribution >= 4 is 16.0 Å². The third-order valence-corrected chi connectivity index (χ3v) is 8.06. The highest BCUT2D eigenvalue weighted by Gasteiger charge is 2.36. The Bertz CT molecular complexity index is 1240. The van der Waals surface area contributed by atoms with E-state index in [9.17, 15) is 18.3 Å². The minimum atomic E-state index is -4.03. The van der Waals surface area contributed by atoms with Crippen LogP contribution in [0.25, 0.3) is 11.1 Å². The number of hydrogen-bond acceptors (Lipinski definition) is 5. The lowest BCUT2D eigenvalue weighted by atomic mass is 9.82. The van der Waals surface area contributed by atoms with Crippen molar-refractivity contribution in [1.82, 2.24) is 4.72 Å². The fourth-order valence-electron chi connectivity index (χ4n) is 4.62. The zero-order chi connectivity index (χ0) is 25.5. The zero-order valence-corrected chi connectivity index (χ0v) is 21.0. The lowest BCUT2D eigenvalue weighted by Crippen LogP contribution is -2.47. The van der Waals surface area contributed by atoms with Crippen LogP contribution in [0.5, 0.6) is 5.75 Å². The van der Waals surface area contributed by atoms with E-state index in [1.54, 1.807) is 19.2 Å². The summed E-state index contributed by atoms with van der Waals surface area (Å²) in [6.45, 7) is 0.447. The van der Waals surface area contributed by atoms with Crippen molar-refractivity contribution in [2.24, 2.45) is 5.92 Å². The van der Waals surface area contributed by atoms with Gasteiger partial charge in [-0.05, 0) is 66.1 Å². The Labute approximate surface area is 212 Å². The smallest absolute Gasteiger partial charge is 0.322 e. The van der Waals surface area contributed by atoms with E-state index in [0.29, 0.717) is 19.4 Å². The highest BCUT2D eigenvalue weighted by Crippen LogP contribution is 2.31. The van der Waals surface area contributed by atoms with E-state index in [-0.39, 0.29) is 16.9 Å². The highest BCUT2D eigenvalue weighted by molar-refractivity contribution is 7.89.